The maximum Gasteiger partial charge on any atom is 0.360 e. The highest BCUT2D eigenvalue weighted by molar-refractivity contribution is 7.86. The fourth-order valence-electron chi connectivity index (χ4n) is 5.67. The van der Waals surface area contributed by atoms with Gasteiger partial charge in [0.25, 0.3) is 10.1 Å². The average Bonchev–Trinajstić information content (AvgIpc) is 0.852. The molecule has 1 atom stereocenters. The van der Waals surface area contributed by atoms with Crippen molar-refractivity contribution in [1.82, 2.24) is 0 Å². The molecule has 0 aliphatic heterocycles. The molecule has 7 N–H and O–H groups in total. The van der Waals surface area contributed by atoms with Crippen LogP contribution in [0.15, 0.2) is 97.3 Å². The first-order valence-corrected chi connectivity index (χ1v) is 55.7. The predicted molar refractivity (Wildman–Crippen MR) is 433 cm³/mol. The first-order valence-electron chi connectivity index (χ1n) is 33.1. The normalized spacial score (nSPS) is 12.5. The highest BCUT2D eigenvalue weighted by Gasteiger charge is 2.38. The zero-order chi connectivity index (χ0) is 89.0. The molecule has 0 fully saturated rings. The van der Waals surface area contributed by atoms with E-state index < -0.39 is 108 Å². The Labute approximate surface area is 658 Å². The number of hydrogen-bond acceptors (Lipinski definition) is 33. The fraction of sp³-hybridized carbons (Fsp3) is 0.690. The lowest BCUT2D eigenvalue weighted by molar-refractivity contribution is 0.167. The van der Waals surface area contributed by atoms with Gasteiger partial charge in [-0.25, -0.2) is 0 Å². The van der Waals surface area contributed by atoms with Crippen molar-refractivity contribution in [3.8, 4) is 0 Å². The standard InChI is InChI=1S/C9H22O6P2.C8H11O3P.C7H15O3P.C6H15O6PS.C6H15O4P.C6H7O3P.C6H15O3P.C4H9O3P.C3H9O3P.C2H5O3P.CH5O3P/c1-5-12-16(10,13-6-2)9-17(11,14-7-3)15-8-4;1-10-12(9,11-2)8-6-4-3-5-7-8;1-4-7-11(8,9-5-2)10-6-3;1-4-10-13(7,11-5-2)6-12-14(3,8)9;1-4-9-11(7,6-8-3)10-5-2;7-10(8,9)6-4-2-1-3-5-6;1-4-8-10(7,6-3)9-5-2;1-3-7-8(5,6)4-2;1-5-7(3,4)6-2;1-2-6(3,4)5;1-5(2,3)4/h5-9H2,1-4H3;3-7H,1-2H3;4,7H,5-6H2,1-3H3;4-6H2,1-3H3;4-6H2,1-3H3;1-5H,(H2,7,8,9);4-6H2,1-3H3;4H,2-3H2,1H3,(H,5,6);1-3H3;2H,1H2,(H2,3,4,5);1H3,(H2,2,3,4)/b;;7-4+;;;;;;;;. The van der Waals surface area contributed by atoms with Gasteiger partial charge in [0.2, 0.25) is 0 Å². The number of ether oxygens (including phenoxy) is 1. The van der Waals surface area contributed by atoms with Gasteiger partial charge in [-0.3, -0.25) is 59.0 Å². The second kappa shape index (κ2) is 72.2. The molecule has 0 amide bonds. The molecule has 53 heteroatoms. The summed E-state index contributed by atoms with van der Waals surface area (Å²) < 4.78 is 245. The average molecular weight is 1870 g/mol. The molecule has 0 saturated heterocycles. The van der Waals surface area contributed by atoms with Crippen molar-refractivity contribution in [3.63, 3.8) is 0 Å². The van der Waals surface area contributed by atoms with Gasteiger partial charge < -0.3 is 116 Å². The van der Waals surface area contributed by atoms with E-state index in [2.05, 4.69) is 30.9 Å². The largest absolute Gasteiger partial charge is 0.372 e. The minimum absolute atomic E-state index is 0.0225. The number of rotatable bonds is 43. The van der Waals surface area contributed by atoms with E-state index in [1.165, 1.54) is 60.2 Å². The van der Waals surface area contributed by atoms with Crippen LogP contribution in [0.5, 0.6) is 0 Å². The van der Waals surface area contributed by atoms with Crippen molar-refractivity contribution >= 4 is 112 Å². The van der Waals surface area contributed by atoms with Gasteiger partial charge in [0, 0.05) is 72.5 Å². The summed E-state index contributed by atoms with van der Waals surface area (Å²) in [5.41, 5.74) is 0. The molecule has 2 aromatic carbocycles. The number of benzene rings is 2. The molecule has 0 saturated carbocycles. The summed E-state index contributed by atoms with van der Waals surface area (Å²) in [5, 5.41) is 0.644. The van der Waals surface area contributed by atoms with Crippen LogP contribution < -0.4 is 10.6 Å². The van der Waals surface area contributed by atoms with Crippen LogP contribution in [-0.4, -0.2) is 208 Å². The molecule has 666 valence electrons. The molecule has 0 spiro atoms. The van der Waals surface area contributed by atoms with Crippen LogP contribution in [-0.2, 0) is 151 Å². The van der Waals surface area contributed by atoms with Crippen LogP contribution in [0.2, 0.25) is 0 Å². The highest BCUT2D eigenvalue weighted by Crippen LogP contribution is 2.64. The van der Waals surface area contributed by atoms with Crippen molar-refractivity contribution in [2.45, 2.75) is 104 Å². The maximum atomic E-state index is 12.2. The molecule has 0 heterocycles. The van der Waals surface area contributed by atoms with Crippen LogP contribution in [0.1, 0.15) is 104 Å². The Morgan fingerprint density at radius 3 is 0.847 bits per heavy atom. The zero-order valence-electron chi connectivity index (χ0n) is 67.9. The van der Waals surface area contributed by atoms with Gasteiger partial charge in [-0.05, 0) is 121 Å². The summed E-state index contributed by atoms with van der Waals surface area (Å²) in [6.45, 7) is 38.1. The van der Waals surface area contributed by atoms with E-state index in [1.807, 2.05) is 6.07 Å². The molecule has 0 radical (unpaired) electrons. The van der Waals surface area contributed by atoms with Gasteiger partial charge in [-0.1, -0.05) is 62.6 Å². The summed E-state index contributed by atoms with van der Waals surface area (Å²) in [6.07, 6.45) is 2.44. The molecule has 2 rings (SSSR count). The number of allylic oxidation sites excluding steroid dienone is 1. The Hall–Kier alpha value is -0.670. The lowest BCUT2D eigenvalue weighted by Gasteiger charge is -2.22. The first-order chi connectivity index (χ1) is 51.0. The Bertz CT molecular complexity index is 3270. The lowest BCUT2D eigenvalue weighted by atomic mass is 10.4. The molecule has 1 unspecified atom stereocenters. The zero-order valence-corrected chi connectivity index (χ0v) is 79.4. The predicted octanol–water partition coefficient (Wildman–Crippen LogP) is 16.4. The summed E-state index contributed by atoms with van der Waals surface area (Å²) in [5.74, 6) is 2.65. The van der Waals surface area contributed by atoms with E-state index in [9.17, 15) is 63.2 Å². The van der Waals surface area contributed by atoms with Crippen molar-refractivity contribution < 1.29 is 183 Å². The Morgan fingerprint density at radius 2 is 0.658 bits per heavy atom. The molecule has 0 bridgehead atoms. The van der Waals surface area contributed by atoms with Crippen molar-refractivity contribution in [2.24, 2.45) is 0 Å². The third kappa shape index (κ3) is 85.6. The van der Waals surface area contributed by atoms with Crippen LogP contribution in [0.4, 0.5) is 0 Å². The first kappa shape index (κ1) is 128. The van der Waals surface area contributed by atoms with E-state index >= 15 is 0 Å². The highest BCUT2D eigenvalue weighted by atomic mass is 32.2. The molecule has 0 aliphatic carbocycles. The van der Waals surface area contributed by atoms with Gasteiger partial charge in [0.05, 0.1) is 103 Å². The minimum Gasteiger partial charge on any atom is -0.372 e. The summed E-state index contributed by atoms with van der Waals surface area (Å²) in [6, 6.07) is 16.6. The topological polar surface area (TPSA) is 556 Å². The molecular formula is C58H128O40P12S. The Kier molecular flexibility index (Phi) is 83.5. The summed E-state index contributed by atoms with van der Waals surface area (Å²) >= 11 is 0. The molecule has 111 heavy (non-hydrogen) atoms. The Morgan fingerprint density at radius 1 is 0.387 bits per heavy atom. The van der Waals surface area contributed by atoms with E-state index in [0.29, 0.717) is 56.9 Å². The van der Waals surface area contributed by atoms with Crippen molar-refractivity contribution in [3.05, 3.63) is 97.3 Å². The quantitative estimate of drug-likeness (QED) is 0.0239. The van der Waals surface area contributed by atoms with Crippen LogP contribution >= 0.6 is 91.1 Å². The third-order valence-corrected chi connectivity index (χ3v) is 29.2. The van der Waals surface area contributed by atoms with Crippen molar-refractivity contribution in [1.29, 1.82) is 0 Å². The van der Waals surface area contributed by atoms with Gasteiger partial charge >= 0.3 is 91.1 Å². The second-order valence-electron chi connectivity index (χ2n) is 18.9. The maximum absolute atomic E-state index is 12.2. The van der Waals surface area contributed by atoms with Crippen LogP contribution in [0.25, 0.3) is 0 Å². The molecule has 0 aromatic heterocycles. The fourth-order valence-corrected chi connectivity index (χ4v) is 18.9. The van der Waals surface area contributed by atoms with Gasteiger partial charge in [0.15, 0.2) is 12.3 Å². The van der Waals surface area contributed by atoms with Crippen molar-refractivity contribution in [2.75, 3.05) is 166 Å². The van der Waals surface area contributed by atoms with Gasteiger partial charge in [-0.15, -0.1) is 0 Å². The second-order valence-corrected chi connectivity index (χ2v) is 44.5. The van der Waals surface area contributed by atoms with E-state index in [0.717, 1.165) is 18.7 Å². The number of hydrogen-bond donors (Lipinski definition) is 7. The van der Waals surface area contributed by atoms with Crippen LogP contribution in [0, 0.1) is 0 Å². The van der Waals surface area contributed by atoms with E-state index in [1.54, 1.807) is 152 Å². The molecule has 2 aromatic rings. The van der Waals surface area contributed by atoms with Crippen LogP contribution in [0.3, 0.4) is 0 Å². The Balaban J connectivity index is -0.000000149. The third-order valence-electron chi connectivity index (χ3n) is 9.75. The molecule has 40 nitrogen and oxygen atoms in total. The summed E-state index contributed by atoms with van der Waals surface area (Å²) in [4.78, 5) is 56.6. The number of methoxy groups -OCH3 is 1. The van der Waals surface area contributed by atoms with E-state index in [4.69, 9.17) is 102 Å². The van der Waals surface area contributed by atoms with Gasteiger partial charge in [-0.2, -0.15) is 8.42 Å². The minimum atomic E-state index is -4.02. The molecular weight excluding hydrogens is 1740 g/mol. The van der Waals surface area contributed by atoms with Gasteiger partial charge in [0.1, 0.15) is 6.35 Å². The molecule has 0 aliphatic rings. The smallest absolute Gasteiger partial charge is 0.360 e. The SMILES string of the molecule is C/C=C/P(=O)(OCC)OCC.C=CP(=O)(O)O.C=CP(=O)(O)OCC.CCOP(=O)(CC)OCC.CCOP(=O)(COC)OCC.CCOP(=O)(COS(C)(=O)=O)OCC.CCOP(=O)(CP(=O)(OCC)OCC)OCC.COP(=O)(OC)c1ccccc1.COP(C)(=O)OC.CP(=O)(O)O.O=P(O)(O)c1ccccc1. The lowest BCUT2D eigenvalue weighted by Crippen LogP contribution is -2.08. The monoisotopic (exact) mass is 1870 g/mol. The summed E-state index contributed by atoms with van der Waals surface area (Å²) in [7, 11) is -36.1. The van der Waals surface area contributed by atoms with E-state index in [-0.39, 0.29) is 63.8 Å².